The fourth-order valence-corrected chi connectivity index (χ4v) is 1.61. The van der Waals surface area contributed by atoms with Gasteiger partial charge in [-0.05, 0) is 45.2 Å². The summed E-state index contributed by atoms with van der Waals surface area (Å²) in [5.74, 6) is 0.523. The number of carbonyl (C=O) groups excluding carboxylic acids is 1. The highest BCUT2D eigenvalue weighted by Gasteiger charge is 2.15. The van der Waals surface area contributed by atoms with E-state index in [4.69, 9.17) is 22.1 Å². The number of alkyl carbamates (subject to hydrolysis) is 1. The van der Waals surface area contributed by atoms with E-state index >= 15 is 0 Å². The Hall–Kier alpha value is -1.76. The van der Waals surface area contributed by atoms with Crippen molar-refractivity contribution in [1.82, 2.24) is 15.3 Å². The minimum absolute atomic E-state index is 0.151. The molecule has 1 heterocycles. The third kappa shape index (κ3) is 7.55. The highest BCUT2D eigenvalue weighted by Crippen LogP contribution is 2.15. The van der Waals surface area contributed by atoms with Crippen LogP contribution in [0.2, 0.25) is 5.28 Å². The van der Waals surface area contributed by atoms with Crippen LogP contribution in [0.15, 0.2) is 6.20 Å². The Morgan fingerprint density at radius 2 is 2.05 bits per heavy atom. The number of ether oxygens (including phenoxy) is 1. The molecule has 1 amide bonds. The Morgan fingerprint density at radius 3 is 2.71 bits per heavy atom. The number of anilines is 2. The van der Waals surface area contributed by atoms with Crippen LogP contribution in [0.1, 0.15) is 33.6 Å². The van der Waals surface area contributed by atoms with Crippen molar-refractivity contribution in [2.24, 2.45) is 0 Å². The van der Waals surface area contributed by atoms with Gasteiger partial charge in [-0.3, -0.25) is 0 Å². The molecule has 4 N–H and O–H groups in total. The van der Waals surface area contributed by atoms with Gasteiger partial charge in [-0.2, -0.15) is 4.98 Å². The van der Waals surface area contributed by atoms with Gasteiger partial charge in [0.25, 0.3) is 0 Å². The van der Waals surface area contributed by atoms with Crippen LogP contribution in [-0.2, 0) is 4.74 Å². The molecule has 1 aromatic heterocycles. The maximum absolute atomic E-state index is 11.4. The van der Waals surface area contributed by atoms with E-state index < -0.39 is 11.7 Å². The summed E-state index contributed by atoms with van der Waals surface area (Å²) in [5.41, 5.74) is 5.68. The molecule has 0 saturated heterocycles. The molecule has 0 aliphatic rings. The van der Waals surface area contributed by atoms with Crippen LogP contribution in [0, 0.1) is 0 Å². The van der Waals surface area contributed by atoms with Crippen LogP contribution in [0.5, 0.6) is 0 Å². The lowest BCUT2D eigenvalue weighted by Crippen LogP contribution is -2.33. The molecule has 0 unspecified atom stereocenters. The number of halogens is 1. The molecular weight excluding hydrogens is 294 g/mol. The maximum atomic E-state index is 11.4. The van der Waals surface area contributed by atoms with Gasteiger partial charge >= 0.3 is 6.09 Å². The number of hydrogen-bond donors (Lipinski definition) is 3. The lowest BCUT2D eigenvalue weighted by molar-refractivity contribution is 0.0527. The van der Waals surface area contributed by atoms with Gasteiger partial charge in [-0.25, -0.2) is 9.78 Å². The van der Waals surface area contributed by atoms with E-state index in [-0.39, 0.29) is 5.28 Å². The number of amides is 1. The molecule has 1 aromatic rings. The van der Waals surface area contributed by atoms with E-state index in [9.17, 15) is 4.79 Å². The van der Waals surface area contributed by atoms with Crippen LogP contribution in [0.3, 0.4) is 0 Å². The Labute approximate surface area is 129 Å². The van der Waals surface area contributed by atoms with Gasteiger partial charge in [0.2, 0.25) is 5.28 Å². The zero-order chi connectivity index (χ0) is 15.9. The average molecular weight is 316 g/mol. The van der Waals surface area contributed by atoms with Gasteiger partial charge in [0.1, 0.15) is 5.60 Å². The van der Waals surface area contributed by atoms with E-state index in [1.807, 2.05) is 20.8 Å². The summed E-state index contributed by atoms with van der Waals surface area (Å²) in [4.78, 5) is 19.2. The van der Waals surface area contributed by atoms with Crippen molar-refractivity contribution in [3.63, 3.8) is 0 Å². The molecule has 0 aliphatic carbocycles. The first-order valence-electron chi connectivity index (χ1n) is 6.76. The fourth-order valence-electron chi connectivity index (χ4n) is 1.47. The molecule has 8 heteroatoms. The summed E-state index contributed by atoms with van der Waals surface area (Å²) in [6.45, 7) is 6.71. The van der Waals surface area contributed by atoms with Crippen LogP contribution in [0.4, 0.5) is 16.3 Å². The van der Waals surface area contributed by atoms with Gasteiger partial charge < -0.3 is 21.1 Å². The minimum Gasteiger partial charge on any atom is -0.444 e. The summed E-state index contributed by atoms with van der Waals surface area (Å²) in [6, 6.07) is 0. The van der Waals surface area contributed by atoms with Gasteiger partial charge in [0, 0.05) is 13.1 Å². The molecule has 0 saturated carbocycles. The summed E-state index contributed by atoms with van der Waals surface area (Å²) in [7, 11) is 0. The molecule has 0 bridgehead atoms. The minimum atomic E-state index is -0.477. The second kappa shape index (κ2) is 7.87. The number of nitrogen functional groups attached to an aromatic ring is 1. The molecule has 7 nitrogen and oxygen atoms in total. The van der Waals surface area contributed by atoms with Crippen molar-refractivity contribution >= 4 is 29.2 Å². The molecule has 118 valence electrons. The van der Waals surface area contributed by atoms with Gasteiger partial charge in [0.05, 0.1) is 11.9 Å². The third-order valence-electron chi connectivity index (χ3n) is 2.35. The van der Waals surface area contributed by atoms with Gasteiger partial charge in [-0.15, -0.1) is 0 Å². The molecule has 0 fully saturated rings. The maximum Gasteiger partial charge on any atom is 0.407 e. The van der Waals surface area contributed by atoms with Crippen LogP contribution in [0.25, 0.3) is 0 Å². The lowest BCUT2D eigenvalue weighted by Gasteiger charge is -2.19. The van der Waals surface area contributed by atoms with Crippen molar-refractivity contribution < 1.29 is 9.53 Å². The van der Waals surface area contributed by atoms with Gasteiger partial charge in [0.15, 0.2) is 5.82 Å². The van der Waals surface area contributed by atoms with E-state index in [1.54, 1.807) is 0 Å². The molecular formula is C13H22ClN5O2. The fraction of sp³-hybridized carbons (Fsp3) is 0.615. The molecule has 1 rings (SSSR count). The average Bonchev–Trinajstić information content (AvgIpc) is 2.35. The summed E-state index contributed by atoms with van der Waals surface area (Å²) in [6.07, 6.45) is 2.71. The van der Waals surface area contributed by atoms with Crippen molar-refractivity contribution in [2.75, 3.05) is 24.1 Å². The zero-order valence-corrected chi connectivity index (χ0v) is 13.3. The van der Waals surface area contributed by atoms with Crippen LogP contribution < -0.4 is 16.4 Å². The second-order valence-electron chi connectivity index (χ2n) is 5.51. The predicted molar refractivity (Wildman–Crippen MR) is 83.4 cm³/mol. The monoisotopic (exact) mass is 315 g/mol. The number of hydrogen-bond acceptors (Lipinski definition) is 6. The highest BCUT2D eigenvalue weighted by molar-refractivity contribution is 6.28. The van der Waals surface area contributed by atoms with Crippen molar-refractivity contribution in [1.29, 1.82) is 0 Å². The molecule has 0 atom stereocenters. The number of aromatic nitrogens is 2. The zero-order valence-electron chi connectivity index (χ0n) is 12.6. The number of nitrogens with zero attached hydrogens (tertiary/aromatic N) is 2. The van der Waals surface area contributed by atoms with Crippen LogP contribution in [-0.4, -0.2) is 34.8 Å². The largest absolute Gasteiger partial charge is 0.444 e. The Morgan fingerprint density at radius 1 is 1.38 bits per heavy atom. The first-order chi connectivity index (χ1) is 9.78. The quantitative estimate of drug-likeness (QED) is 0.550. The van der Waals surface area contributed by atoms with Crippen molar-refractivity contribution in [3.05, 3.63) is 11.5 Å². The SMILES string of the molecule is CC(C)(C)OC(=O)NCCCCNc1nc(Cl)ncc1N. The van der Waals surface area contributed by atoms with Crippen molar-refractivity contribution in [2.45, 2.75) is 39.2 Å². The number of nitrogens with two attached hydrogens (primary N) is 1. The summed E-state index contributed by atoms with van der Waals surface area (Å²) in [5, 5.41) is 5.92. The smallest absolute Gasteiger partial charge is 0.407 e. The normalized spacial score (nSPS) is 11.0. The molecule has 0 aromatic carbocycles. The number of unbranched alkanes of at least 4 members (excludes halogenated alkanes) is 1. The summed E-state index contributed by atoms with van der Waals surface area (Å²) >= 11 is 5.69. The van der Waals surface area contributed by atoms with E-state index in [0.29, 0.717) is 24.6 Å². The molecule has 0 radical (unpaired) electrons. The topological polar surface area (TPSA) is 102 Å². The lowest BCUT2D eigenvalue weighted by atomic mass is 10.2. The molecule has 0 spiro atoms. The van der Waals surface area contributed by atoms with E-state index in [0.717, 1.165) is 12.8 Å². The second-order valence-corrected chi connectivity index (χ2v) is 5.84. The molecule has 21 heavy (non-hydrogen) atoms. The Bertz CT molecular complexity index is 476. The first kappa shape index (κ1) is 17.3. The van der Waals surface area contributed by atoms with Crippen LogP contribution >= 0.6 is 11.6 Å². The number of carbonyl (C=O) groups is 1. The Kier molecular flexibility index (Phi) is 6.48. The summed E-state index contributed by atoms with van der Waals surface area (Å²) < 4.78 is 5.13. The predicted octanol–water partition coefficient (Wildman–Crippen LogP) is 2.43. The van der Waals surface area contributed by atoms with E-state index in [1.165, 1.54) is 6.20 Å². The third-order valence-corrected chi connectivity index (χ3v) is 2.53. The van der Waals surface area contributed by atoms with E-state index in [2.05, 4.69) is 20.6 Å². The highest BCUT2D eigenvalue weighted by atomic mass is 35.5. The number of rotatable bonds is 6. The van der Waals surface area contributed by atoms with Gasteiger partial charge in [-0.1, -0.05) is 0 Å². The first-order valence-corrected chi connectivity index (χ1v) is 7.14. The van der Waals surface area contributed by atoms with Crippen molar-refractivity contribution in [3.8, 4) is 0 Å². The Balaban J connectivity index is 2.15. The number of nitrogens with one attached hydrogen (secondary N) is 2. The standard InChI is InChI=1S/C13H22ClN5O2/c1-13(2,3)21-12(20)17-7-5-4-6-16-10-9(15)8-18-11(14)19-10/h8H,4-7,15H2,1-3H3,(H,17,20)(H,16,18,19). The molecule has 0 aliphatic heterocycles.